The number of benzene rings is 1. The minimum atomic E-state index is -0.102. The van der Waals surface area contributed by atoms with E-state index in [0.29, 0.717) is 23.8 Å². The molecule has 4 heteroatoms. The highest BCUT2D eigenvalue weighted by atomic mass is 16.5. The molecule has 0 saturated heterocycles. The van der Waals surface area contributed by atoms with Crippen LogP contribution in [0.25, 0.3) is 0 Å². The summed E-state index contributed by atoms with van der Waals surface area (Å²) >= 11 is 0. The maximum Gasteiger partial charge on any atom is 0.257 e. The first-order chi connectivity index (χ1) is 9.15. The van der Waals surface area contributed by atoms with E-state index in [-0.39, 0.29) is 11.7 Å². The van der Waals surface area contributed by atoms with Crippen LogP contribution in [0.5, 0.6) is 11.5 Å². The maximum absolute atomic E-state index is 12.4. The summed E-state index contributed by atoms with van der Waals surface area (Å²) in [6.45, 7) is 3.43. The molecule has 1 saturated carbocycles. The van der Waals surface area contributed by atoms with Crippen molar-refractivity contribution >= 4 is 5.91 Å². The van der Waals surface area contributed by atoms with E-state index in [1.165, 1.54) is 32.4 Å². The first-order valence-electron chi connectivity index (χ1n) is 6.82. The summed E-state index contributed by atoms with van der Waals surface area (Å²) in [5.74, 6) is 1.06. The topological polar surface area (TPSA) is 49.8 Å². The first kappa shape index (κ1) is 13.7. The lowest BCUT2D eigenvalue weighted by Crippen LogP contribution is -2.37. The van der Waals surface area contributed by atoms with Crippen molar-refractivity contribution in [3.8, 4) is 11.5 Å². The van der Waals surface area contributed by atoms with Crippen LogP contribution >= 0.6 is 0 Å². The number of hydrogen-bond acceptors (Lipinski definition) is 3. The molecule has 4 nitrogen and oxygen atoms in total. The molecule has 0 atom stereocenters. The molecule has 1 aliphatic carbocycles. The van der Waals surface area contributed by atoms with Crippen molar-refractivity contribution in [3.63, 3.8) is 0 Å². The molecule has 104 valence electrons. The summed E-state index contributed by atoms with van der Waals surface area (Å²) in [6.07, 6.45) is 3.68. The van der Waals surface area contributed by atoms with E-state index in [9.17, 15) is 9.90 Å². The van der Waals surface area contributed by atoms with Crippen molar-refractivity contribution < 1.29 is 14.6 Å². The number of ether oxygens (including phenoxy) is 1. The van der Waals surface area contributed by atoms with Gasteiger partial charge in [-0.05, 0) is 37.8 Å². The Kier molecular flexibility index (Phi) is 4.30. The first-order valence-corrected chi connectivity index (χ1v) is 6.82. The van der Waals surface area contributed by atoms with Crippen LogP contribution in [0.4, 0.5) is 0 Å². The van der Waals surface area contributed by atoms with Crippen LogP contribution in [0, 0.1) is 5.92 Å². The molecule has 0 unspecified atom stereocenters. The monoisotopic (exact) mass is 263 g/mol. The molecule has 1 aromatic carbocycles. The van der Waals surface area contributed by atoms with E-state index in [1.807, 2.05) is 11.8 Å². The summed E-state index contributed by atoms with van der Waals surface area (Å²) < 4.78 is 5.02. The summed E-state index contributed by atoms with van der Waals surface area (Å²) in [6, 6.07) is 4.80. The average molecular weight is 263 g/mol. The summed E-state index contributed by atoms with van der Waals surface area (Å²) in [5.41, 5.74) is 0.349. The van der Waals surface area contributed by atoms with Crippen molar-refractivity contribution in [2.75, 3.05) is 20.2 Å². The number of phenols is 1. The number of amides is 1. The van der Waals surface area contributed by atoms with E-state index in [4.69, 9.17) is 4.74 Å². The largest absolute Gasteiger partial charge is 0.507 e. The second-order valence-corrected chi connectivity index (χ2v) is 5.02. The highest BCUT2D eigenvalue weighted by Gasteiger charge is 2.24. The van der Waals surface area contributed by atoms with Crippen molar-refractivity contribution in [1.29, 1.82) is 0 Å². The van der Waals surface area contributed by atoms with Crippen molar-refractivity contribution in [2.45, 2.75) is 26.2 Å². The van der Waals surface area contributed by atoms with Crippen molar-refractivity contribution in [1.82, 2.24) is 4.90 Å². The third kappa shape index (κ3) is 3.00. The Morgan fingerprint density at radius 2 is 2.21 bits per heavy atom. The number of aromatic hydroxyl groups is 1. The molecule has 0 aromatic heterocycles. The van der Waals surface area contributed by atoms with Gasteiger partial charge >= 0.3 is 0 Å². The zero-order chi connectivity index (χ0) is 13.8. The summed E-state index contributed by atoms with van der Waals surface area (Å²) in [5, 5.41) is 9.92. The lowest BCUT2D eigenvalue weighted by Gasteiger charge is -2.32. The highest BCUT2D eigenvalue weighted by molar-refractivity contribution is 5.97. The van der Waals surface area contributed by atoms with Gasteiger partial charge in [0, 0.05) is 19.2 Å². The normalized spacial score (nSPS) is 14.8. The zero-order valence-electron chi connectivity index (χ0n) is 11.6. The molecule has 0 aliphatic heterocycles. The Morgan fingerprint density at radius 3 is 2.68 bits per heavy atom. The van der Waals surface area contributed by atoms with Gasteiger partial charge in [0.2, 0.25) is 0 Å². The molecule has 1 fully saturated rings. The molecule has 2 rings (SSSR count). The Hall–Kier alpha value is -1.71. The number of carbonyl (C=O) groups is 1. The smallest absolute Gasteiger partial charge is 0.257 e. The molecule has 0 bridgehead atoms. The molecule has 0 radical (unpaired) electrons. The minimum absolute atomic E-state index is 0.0172. The van der Waals surface area contributed by atoms with Crippen molar-refractivity contribution in [2.24, 2.45) is 5.92 Å². The van der Waals surface area contributed by atoms with Crippen LogP contribution in [0.15, 0.2) is 18.2 Å². The third-order valence-electron chi connectivity index (χ3n) is 3.81. The Morgan fingerprint density at radius 1 is 1.47 bits per heavy atom. The van der Waals surface area contributed by atoms with Gasteiger partial charge in [0.05, 0.1) is 12.7 Å². The van der Waals surface area contributed by atoms with E-state index in [2.05, 4.69) is 0 Å². The second-order valence-electron chi connectivity index (χ2n) is 5.02. The molecule has 1 N–H and O–H groups in total. The van der Waals surface area contributed by atoms with Crippen LogP contribution in [-0.2, 0) is 0 Å². The fourth-order valence-electron chi connectivity index (χ4n) is 2.33. The number of rotatable bonds is 5. The molecule has 1 aromatic rings. The van der Waals surface area contributed by atoms with Gasteiger partial charge in [-0.1, -0.05) is 6.42 Å². The van der Waals surface area contributed by atoms with Gasteiger partial charge in [-0.15, -0.1) is 0 Å². The Balaban J connectivity index is 2.11. The summed E-state index contributed by atoms with van der Waals surface area (Å²) in [7, 11) is 1.53. The van der Waals surface area contributed by atoms with E-state index < -0.39 is 0 Å². The predicted octanol–water partition coefficient (Wildman–Crippen LogP) is 2.66. The number of methoxy groups -OCH3 is 1. The van der Waals surface area contributed by atoms with Crippen LogP contribution in [-0.4, -0.2) is 36.1 Å². The molecule has 1 amide bonds. The molecule has 1 aliphatic rings. The van der Waals surface area contributed by atoms with Gasteiger partial charge in [0.15, 0.2) is 0 Å². The fourth-order valence-corrected chi connectivity index (χ4v) is 2.33. The zero-order valence-corrected chi connectivity index (χ0v) is 11.6. The van der Waals surface area contributed by atoms with Crippen LogP contribution in [0.3, 0.4) is 0 Å². The van der Waals surface area contributed by atoms with E-state index >= 15 is 0 Å². The second kappa shape index (κ2) is 5.95. The SMILES string of the molecule is CCN(CC1CCC1)C(=O)c1ccc(OC)cc1O. The third-order valence-corrected chi connectivity index (χ3v) is 3.81. The minimum Gasteiger partial charge on any atom is -0.507 e. The fraction of sp³-hybridized carbons (Fsp3) is 0.533. The van der Waals surface area contributed by atoms with Gasteiger partial charge < -0.3 is 14.7 Å². The van der Waals surface area contributed by atoms with E-state index in [0.717, 1.165) is 6.54 Å². The van der Waals surface area contributed by atoms with Gasteiger partial charge in [-0.25, -0.2) is 0 Å². The lowest BCUT2D eigenvalue weighted by atomic mass is 9.85. The quantitative estimate of drug-likeness (QED) is 0.888. The van der Waals surface area contributed by atoms with Gasteiger partial charge in [-0.3, -0.25) is 4.79 Å². The molecular formula is C15H21NO3. The van der Waals surface area contributed by atoms with Crippen molar-refractivity contribution in [3.05, 3.63) is 23.8 Å². The van der Waals surface area contributed by atoms with Gasteiger partial charge in [0.1, 0.15) is 11.5 Å². The number of phenolic OH excluding ortho intramolecular Hbond substituents is 1. The lowest BCUT2D eigenvalue weighted by molar-refractivity contribution is 0.0703. The maximum atomic E-state index is 12.4. The molecular weight excluding hydrogens is 242 g/mol. The molecule has 19 heavy (non-hydrogen) atoms. The number of carbonyl (C=O) groups excluding carboxylic acids is 1. The standard InChI is InChI=1S/C15H21NO3/c1-3-16(10-11-5-4-6-11)15(18)13-8-7-12(19-2)9-14(13)17/h7-9,11,17H,3-6,10H2,1-2H3. The predicted molar refractivity (Wildman–Crippen MR) is 73.6 cm³/mol. The van der Waals surface area contributed by atoms with Crippen LogP contribution < -0.4 is 4.74 Å². The highest BCUT2D eigenvalue weighted by Crippen LogP contribution is 2.29. The Labute approximate surface area is 114 Å². The van der Waals surface area contributed by atoms with Crippen LogP contribution in [0.1, 0.15) is 36.5 Å². The molecule has 0 heterocycles. The van der Waals surface area contributed by atoms with E-state index in [1.54, 1.807) is 12.1 Å². The molecule has 0 spiro atoms. The van der Waals surface area contributed by atoms with Gasteiger partial charge in [0.25, 0.3) is 5.91 Å². The average Bonchev–Trinajstić information content (AvgIpc) is 2.37. The number of hydrogen-bond donors (Lipinski definition) is 1. The van der Waals surface area contributed by atoms with Gasteiger partial charge in [-0.2, -0.15) is 0 Å². The summed E-state index contributed by atoms with van der Waals surface area (Å²) in [4.78, 5) is 14.2. The Bertz CT molecular complexity index is 455. The van der Waals surface area contributed by atoms with Crippen LogP contribution in [0.2, 0.25) is 0 Å². The number of nitrogens with zero attached hydrogens (tertiary/aromatic N) is 1.